The van der Waals surface area contributed by atoms with E-state index < -0.39 is 6.09 Å². The molecule has 8 heteroatoms. The number of carbonyl (C=O) groups is 1. The van der Waals surface area contributed by atoms with E-state index in [0.29, 0.717) is 13.2 Å². The Hall–Kier alpha value is -0.440. The fourth-order valence-corrected chi connectivity index (χ4v) is 2.05. The van der Waals surface area contributed by atoms with Crippen LogP contribution in [0.3, 0.4) is 0 Å². The number of nitrogens with zero attached hydrogens (tertiary/aromatic N) is 3. The highest BCUT2D eigenvalue weighted by Gasteiger charge is 2.19. The summed E-state index contributed by atoms with van der Waals surface area (Å²) in [7, 11) is 1.66. The molecule has 6 nitrogen and oxygen atoms in total. The Kier molecular flexibility index (Phi) is 6.98. The van der Waals surface area contributed by atoms with Gasteiger partial charge in [0, 0.05) is 37.0 Å². The number of thioether (sulfide) groups is 1. The van der Waals surface area contributed by atoms with Crippen molar-refractivity contribution in [1.29, 1.82) is 0 Å². The molecule has 0 aromatic carbocycles. The standard InChI is InChI=1S/C11H21N3O3S2/c1-11(2,18-4)9-12-17-10(15)13(3)19-14-5-7-16-8-6-14/h9H,5-8H2,1-4H3/b12-9+. The highest BCUT2D eigenvalue weighted by molar-refractivity contribution is 8.00. The molecule has 1 rings (SSSR count). The average molecular weight is 307 g/mol. The quantitative estimate of drug-likeness (QED) is 0.335. The van der Waals surface area contributed by atoms with E-state index in [4.69, 9.17) is 9.57 Å². The van der Waals surface area contributed by atoms with Crippen LogP contribution < -0.4 is 0 Å². The lowest BCUT2D eigenvalue weighted by atomic mass is 10.2. The minimum atomic E-state index is -0.482. The van der Waals surface area contributed by atoms with Gasteiger partial charge in [0.15, 0.2) is 0 Å². The summed E-state index contributed by atoms with van der Waals surface area (Å²) in [6.07, 6.45) is 3.13. The van der Waals surface area contributed by atoms with Gasteiger partial charge in [-0.1, -0.05) is 5.16 Å². The molecule has 1 aliphatic rings. The van der Waals surface area contributed by atoms with Crippen LogP contribution >= 0.6 is 23.9 Å². The molecule has 0 aromatic rings. The molecule has 0 saturated carbocycles. The van der Waals surface area contributed by atoms with Crippen molar-refractivity contribution in [1.82, 2.24) is 8.61 Å². The van der Waals surface area contributed by atoms with E-state index in [2.05, 4.69) is 9.46 Å². The second kappa shape index (κ2) is 7.98. The van der Waals surface area contributed by atoms with Gasteiger partial charge < -0.3 is 4.74 Å². The van der Waals surface area contributed by atoms with Crippen molar-refractivity contribution < 1.29 is 14.4 Å². The van der Waals surface area contributed by atoms with Crippen LogP contribution in [-0.2, 0) is 9.57 Å². The Morgan fingerprint density at radius 3 is 2.68 bits per heavy atom. The molecule has 0 spiro atoms. The van der Waals surface area contributed by atoms with Crippen LogP contribution in [0.4, 0.5) is 4.79 Å². The molecule has 0 radical (unpaired) electrons. The number of morpholine rings is 1. The minimum absolute atomic E-state index is 0.143. The van der Waals surface area contributed by atoms with E-state index in [1.165, 1.54) is 16.4 Å². The molecule has 1 amide bonds. The predicted octanol–water partition coefficient (Wildman–Crippen LogP) is 2.08. The fraction of sp³-hybridized carbons (Fsp3) is 0.818. The first-order valence-electron chi connectivity index (χ1n) is 6.00. The third-order valence-corrected chi connectivity index (χ3v) is 4.63. The number of rotatable bonds is 5. The van der Waals surface area contributed by atoms with Gasteiger partial charge in [-0.25, -0.2) is 13.4 Å². The zero-order valence-corrected chi connectivity index (χ0v) is 13.4. The molecule has 0 bridgehead atoms. The number of hydrogen-bond donors (Lipinski definition) is 0. The fourth-order valence-electron chi connectivity index (χ4n) is 1.14. The number of hydrogen-bond acceptors (Lipinski definition) is 7. The third-order valence-electron chi connectivity index (χ3n) is 2.49. The van der Waals surface area contributed by atoms with Gasteiger partial charge in [0.05, 0.1) is 19.4 Å². The molecule has 0 atom stereocenters. The summed E-state index contributed by atoms with van der Waals surface area (Å²) in [5.74, 6) is 0. The van der Waals surface area contributed by atoms with Crippen molar-refractivity contribution in [3.63, 3.8) is 0 Å². The molecule has 0 aliphatic carbocycles. The van der Waals surface area contributed by atoms with Crippen molar-refractivity contribution in [3.05, 3.63) is 0 Å². The Morgan fingerprint density at radius 1 is 1.47 bits per heavy atom. The lowest BCUT2D eigenvalue weighted by Gasteiger charge is -2.27. The van der Waals surface area contributed by atoms with Gasteiger partial charge in [-0.3, -0.25) is 4.84 Å². The second-order valence-electron chi connectivity index (χ2n) is 4.52. The van der Waals surface area contributed by atoms with E-state index in [9.17, 15) is 4.79 Å². The zero-order valence-electron chi connectivity index (χ0n) is 11.8. The Bertz CT molecular complexity index is 320. The van der Waals surface area contributed by atoms with Crippen LogP contribution in [0.5, 0.6) is 0 Å². The molecule has 1 fully saturated rings. The first-order valence-corrected chi connectivity index (χ1v) is 7.95. The highest BCUT2D eigenvalue weighted by Crippen LogP contribution is 2.19. The van der Waals surface area contributed by atoms with Gasteiger partial charge in [-0.15, -0.1) is 0 Å². The van der Waals surface area contributed by atoms with E-state index in [1.54, 1.807) is 25.0 Å². The summed E-state index contributed by atoms with van der Waals surface area (Å²) in [5.41, 5.74) is 0. The smallest absolute Gasteiger partial charge is 0.379 e. The van der Waals surface area contributed by atoms with E-state index in [1.807, 2.05) is 20.1 Å². The summed E-state index contributed by atoms with van der Waals surface area (Å²) in [4.78, 5) is 16.5. The molecular formula is C11H21N3O3S2. The zero-order chi connectivity index (χ0) is 14.3. The van der Waals surface area contributed by atoms with Crippen molar-refractivity contribution in [2.24, 2.45) is 5.16 Å². The van der Waals surface area contributed by atoms with Crippen LogP contribution in [-0.4, -0.2) is 65.3 Å². The largest absolute Gasteiger partial charge is 0.446 e. The monoisotopic (exact) mass is 307 g/mol. The average Bonchev–Trinajstić information content (AvgIpc) is 2.39. The molecule has 1 heterocycles. The molecule has 0 aromatic heterocycles. The third kappa shape index (κ3) is 6.51. The lowest BCUT2D eigenvalue weighted by molar-refractivity contribution is 0.0753. The van der Waals surface area contributed by atoms with E-state index >= 15 is 0 Å². The van der Waals surface area contributed by atoms with Gasteiger partial charge in [0.1, 0.15) is 0 Å². The number of carbonyl (C=O) groups excluding carboxylic acids is 1. The van der Waals surface area contributed by atoms with Crippen LogP contribution in [0.1, 0.15) is 13.8 Å². The number of ether oxygens (including phenoxy) is 1. The van der Waals surface area contributed by atoms with Gasteiger partial charge >= 0.3 is 6.09 Å². The summed E-state index contributed by atoms with van der Waals surface area (Å²) in [6.45, 7) is 6.98. The second-order valence-corrected chi connectivity index (χ2v) is 7.21. The highest BCUT2D eigenvalue weighted by atomic mass is 32.2. The Morgan fingerprint density at radius 2 is 2.11 bits per heavy atom. The maximum absolute atomic E-state index is 11.7. The first-order chi connectivity index (χ1) is 8.94. The SMILES string of the molecule is CSC(C)(C)/C=N/OC(=O)N(C)SN1CCOCC1. The minimum Gasteiger partial charge on any atom is -0.379 e. The summed E-state index contributed by atoms with van der Waals surface area (Å²) in [5, 5.41) is 3.73. The molecule has 19 heavy (non-hydrogen) atoms. The molecule has 1 saturated heterocycles. The van der Waals surface area contributed by atoms with Crippen LogP contribution in [0.25, 0.3) is 0 Å². The van der Waals surface area contributed by atoms with Gasteiger partial charge in [-0.2, -0.15) is 11.8 Å². The summed E-state index contributed by atoms with van der Waals surface area (Å²) < 4.78 is 8.58. The Labute approximate surface area is 123 Å². The van der Waals surface area contributed by atoms with Crippen molar-refractivity contribution in [2.45, 2.75) is 18.6 Å². The maximum Gasteiger partial charge on any atom is 0.446 e. The maximum atomic E-state index is 11.7. The number of amides is 1. The Balaban J connectivity index is 2.32. The topological polar surface area (TPSA) is 54.4 Å². The molecule has 110 valence electrons. The van der Waals surface area contributed by atoms with Crippen molar-refractivity contribution in [3.8, 4) is 0 Å². The van der Waals surface area contributed by atoms with Crippen LogP contribution in [0.15, 0.2) is 5.16 Å². The molecule has 0 unspecified atom stereocenters. The van der Waals surface area contributed by atoms with Crippen LogP contribution in [0, 0.1) is 0 Å². The van der Waals surface area contributed by atoms with E-state index in [0.717, 1.165) is 13.1 Å². The molecule has 0 N–H and O–H groups in total. The number of oxime groups is 1. The van der Waals surface area contributed by atoms with Crippen LogP contribution in [0.2, 0.25) is 0 Å². The van der Waals surface area contributed by atoms with Crippen molar-refractivity contribution >= 4 is 36.2 Å². The first kappa shape index (κ1) is 16.6. The van der Waals surface area contributed by atoms with E-state index in [-0.39, 0.29) is 4.75 Å². The normalized spacial score (nSPS) is 17.7. The van der Waals surface area contributed by atoms with Gasteiger partial charge in [0.2, 0.25) is 0 Å². The predicted molar refractivity (Wildman–Crippen MR) is 80.3 cm³/mol. The van der Waals surface area contributed by atoms with Gasteiger partial charge in [0.25, 0.3) is 0 Å². The van der Waals surface area contributed by atoms with Crippen molar-refractivity contribution in [2.75, 3.05) is 39.6 Å². The van der Waals surface area contributed by atoms with Gasteiger partial charge in [-0.05, 0) is 20.1 Å². The summed E-state index contributed by atoms with van der Waals surface area (Å²) in [6, 6.07) is 0. The molecule has 1 aliphatic heterocycles. The molecular weight excluding hydrogens is 286 g/mol. The lowest BCUT2D eigenvalue weighted by Crippen LogP contribution is -2.35. The summed E-state index contributed by atoms with van der Waals surface area (Å²) >= 11 is 2.96.